The van der Waals surface area contributed by atoms with Gasteiger partial charge in [0.05, 0.1) is 11.0 Å². The first-order valence-corrected chi connectivity index (χ1v) is 17.4. The zero-order valence-electron chi connectivity index (χ0n) is 27.4. The van der Waals surface area contributed by atoms with E-state index < -0.39 is 0 Å². The lowest BCUT2D eigenvalue weighted by molar-refractivity contribution is 0.403. The number of para-hydroxylation sites is 2. The molecular formula is C47H37N. The number of hydrogen-bond donors (Lipinski definition) is 0. The smallest absolute Gasteiger partial charge is 0.0541 e. The summed E-state index contributed by atoms with van der Waals surface area (Å²) >= 11 is 0. The van der Waals surface area contributed by atoms with Crippen LogP contribution in [0.1, 0.15) is 54.0 Å². The highest BCUT2D eigenvalue weighted by atomic mass is 15.0. The first-order valence-electron chi connectivity index (χ1n) is 17.4. The van der Waals surface area contributed by atoms with Gasteiger partial charge in [-0.25, -0.2) is 0 Å². The Kier molecular flexibility index (Phi) is 5.94. The summed E-state index contributed by atoms with van der Waals surface area (Å²) in [6.07, 6.45) is 4.66. The fourth-order valence-electron chi connectivity index (χ4n) is 9.38. The van der Waals surface area contributed by atoms with E-state index >= 15 is 0 Å². The van der Waals surface area contributed by atoms with Crippen molar-refractivity contribution in [3.05, 3.63) is 185 Å². The molecule has 0 saturated heterocycles. The van der Waals surface area contributed by atoms with Crippen LogP contribution in [-0.2, 0) is 11.8 Å². The molecule has 10 rings (SSSR count). The van der Waals surface area contributed by atoms with Crippen molar-refractivity contribution in [2.45, 2.75) is 38.0 Å². The van der Waals surface area contributed by atoms with E-state index in [0.717, 1.165) is 12.8 Å². The third-order valence-electron chi connectivity index (χ3n) is 11.7. The second-order valence-corrected chi connectivity index (χ2v) is 14.5. The van der Waals surface area contributed by atoms with E-state index in [1.807, 2.05) is 0 Å². The van der Waals surface area contributed by atoms with E-state index in [4.69, 9.17) is 0 Å². The number of allylic oxidation sites excluding steroid dienone is 4. The van der Waals surface area contributed by atoms with Crippen LogP contribution < -0.4 is 0 Å². The largest absolute Gasteiger partial charge is 0.309 e. The summed E-state index contributed by atoms with van der Waals surface area (Å²) in [6, 6.07) is 54.2. The minimum absolute atomic E-state index is 0.108. The molecule has 6 aromatic carbocycles. The van der Waals surface area contributed by atoms with Gasteiger partial charge < -0.3 is 4.57 Å². The molecule has 0 saturated carbocycles. The fourth-order valence-corrected chi connectivity index (χ4v) is 9.38. The number of fused-ring (bicyclic) bond motifs is 8. The molecule has 3 aliphatic carbocycles. The van der Waals surface area contributed by atoms with Gasteiger partial charge in [-0.3, -0.25) is 0 Å². The van der Waals surface area contributed by atoms with Gasteiger partial charge in [-0.2, -0.15) is 0 Å². The van der Waals surface area contributed by atoms with Gasteiger partial charge in [-0.1, -0.05) is 147 Å². The molecule has 1 heterocycles. The lowest BCUT2D eigenvalue weighted by atomic mass is 9.70. The van der Waals surface area contributed by atoms with E-state index in [2.05, 4.69) is 170 Å². The Balaban J connectivity index is 1.15. The molecule has 0 bridgehead atoms. The van der Waals surface area contributed by atoms with Crippen molar-refractivity contribution in [2.75, 3.05) is 0 Å². The third kappa shape index (κ3) is 3.97. The van der Waals surface area contributed by atoms with E-state index in [9.17, 15) is 0 Å². The molecule has 0 aliphatic heterocycles. The predicted octanol–water partition coefficient (Wildman–Crippen LogP) is 11.9. The zero-order valence-corrected chi connectivity index (χ0v) is 27.4. The van der Waals surface area contributed by atoms with Crippen LogP contribution in [0.5, 0.6) is 0 Å². The quantitative estimate of drug-likeness (QED) is 0.186. The number of benzene rings is 6. The van der Waals surface area contributed by atoms with Crippen LogP contribution in [0.3, 0.4) is 0 Å². The molecule has 1 heteroatoms. The van der Waals surface area contributed by atoms with Crippen molar-refractivity contribution >= 4 is 33.0 Å². The molecule has 2 unspecified atom stereocenters. The summed E-state index contributed by atoms with van der Waals surface area (Å²) in [6.45, 7) is 4.92. The van der Waals surface area contributed by atoms with Gasteiger partial charge in [0.1, 0.15) is 0 Å². The summed E-state index contributed by atoms with van der Waals surface area (Å²) in [5, 5.41) is 2.59. The van der Waals surface area contributed by atoms with Crippen molar-refractivity contribution in [1.82, 2.24) is 4.57 Å². The summed E-state index contributed by atoms with van der Waals surface area (Å²) in [4.78, 5) is 0. The lowest BCUT2D eigenvalue weighted by Crippen LogP contribution is -2.26. The molecule has 230 valence electrons. The number of nitrogens with zero attached hydrogens (tertiary/aromatic N) is 1. The van der Waals surface area contributed by atoms with Gasteiger partial charge in [0.15, 0.2) is 0 Å². The van der Waals surface area contributed by atoms with E-state index in [-0.39, 0.29) is 5.41 Å². The Hall–Kier alpha value is -5.40. The molecular weight excluding hydrogens is 579 g/mol. The lowest BCUT2D eigenvalue weighted by Gasteiger charge is -2.33. The maximum atomic E-state index is 2.57. The molecule has 0 N–H and O–H groups in total. The first-order chi connectivity index (χ1) is 23.6. The van der Waals surface area contributed by atoms with E-state index in [1.165, 1.54) is 77.6 Å². The fraction of sp³-hybridized carbons (Fsp3) is 0.149. The molecule has 0 fully saturated rings. The van der Waals surface area contributed by atoms with Crippen molar-refractivity contribution in [3.8, 4) is 16.8 Å². The Morgan fingerprint density at radius 1 is 0.625 bits per heavy atom. The molecule has 1 nitrogen and oxygen atoms in total. The topological polar surface area (TPSA) is 4.93 Å². The van der Waals surface area contributed by atoms with Gasteiger partial charge in [0, 0.05) is 22.4 Å². The highest BCUT2D eigenvalue weighted by Gasteiger charge is 2.47. The molecule has 7 aromatic rings. The normalized spacial score (nSPS) is 18.8. The van der Waals surface area contributed by atoms with Crippen LogP contribution in [-0.4, -0.2) is 4.57 Å². The molecule has 1 aromatic heterocycles. The Bertz CT molecular complexity index is 2430. The zero-order chi connectivity index (χ0) is 32.0. The van der Waals surface area contributed by atoms with Crippen LogP contribution in [0, 0.1) is 5.92 Å². The highest BCUT2D eigenvalue weighted by molar-refractivity contribution is 6.09. The molecule has 2 atom stereocenters. The predicted molar refractivity (Wildman–Crippen MR) is 202 cm³/mol. The summed E-state index contributed by atoms with van der Waals surface area (Å²) in [5.41, 5.74) is 18.2. The van der Waals surface area contributed by atoms with Crippen LogP contribution in [0.25, 0.3) is 49.8 Å². The summed E-state index contributed by atoms with van der Waals surface area (Å²) in [7, 11) is 0. The van der Waals surface area contributed by atoms with Crippen LogP contribution in [0.15, 0.2) is 157 Å². The monoisotopic (exact) mass is 615 g/mol. The molecule has 48 heavy (non-hydrogen) atoms. The van der Waals surface area contributed by atoms with Gasteiger partial charge in [-0.15, -0.1) is 0 Å². The van der Waals surface area contributed by atoms with Crippen LogP contribution in [0.4, 0.5) is 0 Å². The third-order valence-corrected chi connectivity index (χ3v) is 11.7. The number of aromatic nitrogens is 1. The highest BCUT2D eigenvalue weighted by Crippen LogP contribution is 2.59. The minimum atomic E-state index is 0.108. The van der Waals surface area contributed by atoms with E-state index in [0.29, 0.717) is 11.8 Å². The van der Waals surface area contributed by atoms with Crippen LogP contribution in [0.2, 0.25) is 0 Å². The summed E-state index contributed by atoms with van der Waals surface area (Å²) < 4.78 is 2.47. The molecule has 3 aliphatic rings. The Morgan fingerprint density at radius 3 is 2.04 bits per heavy atom. The van der Waals surface area contributed by atoms with Gasteiger partial charge in [-0.05, 0) is 98.5 Å². The van der Waals surface area contributed by atoms with Gasteiger partial charge in [0.2, 0.25) is 0 Å². The Labute approximate surface area is 282 Å². The second-order valence-electron chi connectivity index (χ2n) is 14.5. The van der Waals surface area contributed by atoms with Crippen LogP contribution >= 0.6 is 0 Å². The van der Waals surface area contributed by atoms with Crippen molar-refractivity contribution < 1.29 is 0 Å². The minimum Gasteiger partial charge on any atom is -0.309 e. The van der Waals surface area contributed by atoms with Crippen molar-refractivity contribution in [1.29, 1.82) is 0 Å². The van der Waals surface area contributed by atoms with Gasteiger partial charge in [0.25, 0.3) is 0 Å². The SMILES string of the molecule is CC1(C)c2ccccc2C2=CC3=C(CC21)C(Cc1cc(-c2ccccc2)cc(-n2c4ccccc4c4ccccc42)c1)c1ccccc13. The molecule has 0 amide bonds. The van der Waals surface area contributed by atoms with Crippen molar-refractivity contribution in [3.63, 3.8) is 0 Å². The van der Waals surface area contributed by atoms with E-state index in [1.54, 1.807) is 5.57 Å². The maximum absolute atomic E-state index is 2.57. The molecule has 0 spiro atoms. The average molecular weight is 616 g/mol. The summed E-state index contributed by atoms with van der Waals surface area (Å²) in [5.74, 6) is 0.847. The van der Waals surface area contributed by atoms with Gasteiger partial charge >= 0.3 is 0 Å². The molecule has 0 radical (unpaired) electrons. The Morgan fingerprint density at radius 2 is 1.27 bits per heavy atom. The number of hydrogen-bond acceptors (Lipinski definition) is 0. The first kappa shape index (κ1) is 27.7. The maximum Gasteiger partial charge on any atom is 0.0541 e. The second kappa shape index (κ2) is 10.3. The average Bonchev–Trinajstić information content (AvgIpc) is 3.71. The number of rotatable bonds is 4. The van der Waals surface area contributed by atoms with Crippen molar-refractivity contribution in [2.24, 2.45) is 5.92 Å². The standard InChI is InChI=1S/C47H37N/c1-47(2)43-21-11-8-18-36(43)42-28-40-35-17-7-6-16-34(35)39(41(40)29-44(42)47)26-30-24-32(31-14-4-3-5-15-31)27-33(25-30)48-45-22-12-9-19-37(45)38-20-10-13-23-46(38)48/h3-25,27-28,39,44H,26,29H2,1-2H3.